The van der Waals surface area contributed by atoms with Crippen LogP contribution in [0.25, 0.3) is 11.3 Å². The molecule has 3 aromatic rings. The molecule has 0 radical (unpaired) electrons. The summed E-state index contributed by atoms with van der Waals surface area (Å²) >= 11 is 12.3. The Morgan fingerprint density at radius 2 is 1.94 bits per heavy atom. The molecule has 31 heavy (non-hydrogen) atoms. The van der Waals surface area contributed by atoms with Gasteiger partial charge in [0.05, 0.1) is 31.4 Å². The summed E-state index contributed by atoms with van der Waals surface area (Å²) in [5.41, 5.74) is 2.59. The molecule has 1 aliphatic carbocycles. The average Bonchev–Trinajstić information content (AvgIpc) is 3.08. The molecule has 0 saturated heterocycles. The van der Waals surface area contributed by atoms with Gasteiger partial charge in [-0.05, 0) is 29.3 Å². The second-order valence-corrected chi connectivity index (χ2v) is 7.83. The minimum atomic E-state index is -0.688. The highest BCUT2D eigenvalue weighted by Crippen LogP contribution is 2.38. The Morgan fingerprint density at radius 3 is 2.65 bits per heavy atom. The number of carbonyl (C=O) groups excluding carboxylic acids is 1. The molecular weight excluding hydrogens is 441 g/mol. The average molecular weight is 460 g/mol. The zero-order valence-electron chi connectivity index (χ0n) is 16.7. The first kappa shape index (κ1) is 21.4. The molecule has 0 aliphatic heterocycles. The van der Waals surface area contributed by atoms with Crippen LogP contribution < -0.4 is 10.1 Å². The Morgan fingerprint density at radius 1 is 1.16 bits per heavy atom. The molecule has 160 valence electrons. The number of methoxy groups -OCH3 is 2. The van der Waals surface area contributed by atoms with E-state index >= 15 is 0 Å². The van der Waals surface area contributed by atoms with E-state index in [1.807, 2.05) is 24.3 Å². The lowest BCUT2D eigenvalue weighted by atomic mass is 10.1. The van der Waals surface area contributed by atoms with Crippen LogP contribution in [-0.4, -0.2) is 41.4 Å². The Bertz CT molecular complexity index is 1160. The number of nitrogens with one attached hydrogen (secondary N) is 1. The zero-order valence-corrected chi connectivity index (χ0v) is 18.2. The predicted octanol–water partition coefficient (Wildman–Crippen LogP) is 4.32. The van der Waals surface area contributed by atoms with Gasteiger partial charge in [0.2, 0.25) is 0 Å². The number of esters is 1. The number of hydrogen-bond donors (Lipinski definition) is 2. The highest BCUT2D eigenvalue weighted by Gasteiger charge is 2.33. The lowest BCUT2D eigenvalue weighted by Crippen LogP contribution is -2.23. The van der Waals surface area contributed by atoms with Crippen LogP contribution >= 0.6 is 23.2 Å². The summed E-state index contributed by atoms with van der Waals surface area (Å²) in [7, 11) is 2.70. The summed E-state index contributed by atoms with van der Waals surface area (Å²) in [5.74, 6) is -0.339. The molecular formula is C22H19Cl2N3O4. The van der Waals surface area contributed by atoms with Gasteiger partial charge in [-0.3, -0.25) is 0 Å². The van der Waals surface area contributed by atoms with Crippen molar-refractivity contribution in [1.82, 2.24) is 9.97 Å². The van der Waals surface area contributed by atoms with Crippen molar-refractivity contribution in [3.8, 4) is 17.1 Å². The van der Waals surface area contributed by atoms with E-state index < -0.39 is 18.1 Å². The maximum Gasteiger partial charge on any atom is 0.359 e. The smallest absolute Gasteiger partial charge is 0.359 e. The first-order valence-electron chi connectivity index (χ1n) is 9.45. The maximum absolute atomic E-state index is 12.5. The van der Waals surface area contributed by atoms with Gasteiger partial charge >= 0.3 is 5.97 Å². The topological polar surface area (TPSA) is 93.6 Å². The summed E-state index contributed by atoms with van der Waals surface area (Å²) in [6.45, 7) is 0. The second-order valence-electron chi connectivity index (χ2n) is 6.99. The Labute approximate surface area is 189 Å². The molecule has 0 spiro atoms. The van der Waals surface area contributed by atoms with Crippen LogP contribution in [0.4, 0.5) is 5.82 Å². The van der Waals surface area contributed by atoms with Crippen molar-refractivity contribution in [3.63, 3.8) is 0 Å². The fourth-order valence-electron chi connectivity index (χ4n) is 3.66. The molecule has 2 aromatic carbocycles. The van der Waals surface area contributed by atoms with Crippen molar-refractivity contribution in [1.29, 1.82) is 0 Å². The van der Waals surface area contributed by atoms with Gasteiger partial charge in [-0.2, -0.15) is 0 Å². The van der Waals surface area contributed by atoms with Crippen LogP contribution in [0.1, 0.15) is 27.7 Å². The number of halogens is 2. The van der Waals surface area contributed by atoms with E-state index in [0.29, 0.717) is 22.0 Å². The van der Waals surface area contributed by atoms with Crippen molar-refractivity contribution in [2.24, 2.45) is 0 Å². The largest absolute Gasteiger partial charge is 0.478 e. The number of benzene rings is 2. The van der Waals surface area contributed by atoms with Gasteiger partial charge in [-0.15, -0.1) is 0 Å². The van der Waals surface area contributed by atoms with Crippen LogP contribution in [-0.2, 0) is 11.2 Å². The minimum absolute atomic E-state index is 0.0456. The first-order valence-corrected chi connectivity index (χ1v) is 10.2. The molecule has 2 atom stereocenters. The quantitative estimate of drug-likeness (QED) is 0.548. The number of fused-ring (bicyclic) bond motifs is 1. The Kier molecular flexibility index (Phi) is 6.00. The SMILES string of the molecule is COC(=O)c1nc(NC2c3ccccc3CC2O)c(OC)nc1-c1ccc(Cl)cc1Cl. The van der Waals surface area contributed by atoms with E-state index in [9.17, 15) is 9.90 Å². The molecule has 4 rings (SSSR count). The summed E-state index contributed by atoms with van der Waals surface area (Å²) in [6, 6.07) is 12.1. The van der Waals surface area contributed by atoms with Crippen LogP contribution in [0.5, 0.6) is 5.88 Å². The van der Waals surface area contributed by atoms with Gasteiger partial charge in [0.25, 0.3) is 5.88 Å². The van der Waals surface area contributed by atoms with E-state index in [4.69, 9.17) is 32.7 Å². The van der Waals surface area contributed by atoms with Gasteiger partial charge in [0.1, 0.15) is 5.69 Å². The second kappa shape index (κ2) is 8.70. The number of aromatic nitrogens is 2. The fourth-order valence-corrected chi connectivity index (χ4v) is 4.16. The monoisotopic (exact) mass is 459 g/mol. The number of rotatable bonds is 5. The summed E-state index contributed by atoms with van der Waals surface area (Å²) in [6.07, 6.45) is -0.165. The molecule has 0 saturated carbocycles. The standard InChI is InChI=1S/C22H19Cl2N3O4/c1-30-21-20(25-17-13-6-4-3-5-11(13)9-16(17)28)26-19(22(29)31-2)18(27-21)14-8-7-12(23)10-15(14)24/h3-8,10,16-17,28H,9H2,1-2H3,(H,25,26). The number of carbonyl (C=O) groups is 1. The summed E-state index contributed by atoms with van der Waals surface area (Å²) in [5, 5.41) is 14.5. The summed E-state index contributed by atoms with van der Waals surface area (Å²) < 4.78 is 10.3. The molecule has 7 nitrogen and oxygen atoms in total. The van der Waals surface area contributed by atoms with Gasteiger partial charge in [0.15, 0.2) is 11.5 Å². The van der Waals surface area contributed by atoms with Crippen molar-refractivity contribution in [2.75, 3.05) is 19.5 Å². The number of nitrogens with zero attached hydrogens (tertiary/aromatic N) is 2. The molecule has 0 fully saturated rings. The Hall–Kier alpha value is -2.87. The van der Waals surface area contributed by atoms with Gasteiger partial charge in [0, 0.05) is 17.0 Å². The predicted molar refractivity (Wildman–Crippen MR) is 118 cm³/mol. The van der Waals surface area contributed by atoms with Crippen molar-refractivity contribution >= 4 is 35.0 Å². The Balaban J connectivity index is 1.82. The van der Waals surface area contributed by atoms with Crippen LogP contribution in [0, 0.1) is 0 Å². The fraction of sp³-hybridized carbons (Fsp3) is 0.227. The molecule has 1 aliphatic rings. The van der Waals surface area contributed by atoms with Gasteiger partial charge in [-0.1, -0.05) is 47.5 Å². The summed E-state index contributed by atoms with van der Waals surface area (Å²) in [4.78, 5) is 21.5. The number of ether oxygens (including phenoxy) is 2. The minimum Gasteiger partial charge on any atom is -0.478 e. The molecule has 0 bridgehead atoms. The molecule has 0 amide bonds. The van der Waals surface area contributed by atoms with Crippen LogP contribution in [0.3, 0.4) is 0 Å². The molecule has 1 aromatic heterocycles. The van der Waals surface area contributed by atoms with Crippen molar-refractivity contribution < 1.29 is 19.4 Å². The van der Waals surface area contributed by atoms with Crippen LogP contribution in [0.15, 0.2) is 42.5 Å². The van der Waals surface area contributed by atoms with E-state index in [1.165, 1.54) is 14.2 Å². The van der Waals surface area contributed by atoms with E-state index in [0.717, 1.165) is 11.1 Å². The lowest BCUT2D eigenvalue weighted by Gasteiger charge is -2.21. The number of aliphatic hydroxyl groups excluding tert-OH is 1. The number of aliphatic hydroxyl groups is 1. The molecule has 1 heterocycles. The third kappa shape index (κ3) is 4.04. The zero-order chi connectivity index (χ0) is 22.1. The van der Waals surface area contributed by atoms with E-state index in [2.05, 4.69) is 15.3 Å². The third-order valence-electron chi connectivity index (χ3n) is 5.12. The van der Waals surface area contributed by atoms with Crippen molar-refractivity contribution in [2.45, 2.75) is 18.6 Å². The molecule has 2 N–H and O–H groups in total. The normalized spacial score (nSPS) is 17.2. The maximum atomic E-state index is 12.5. The molecule has 2 unspecified atom stereocenters. The van der Waals surface area contributed by atoms with Gasteiger partial charge in [-0.25, -0.2) is 14.8 Å². The van der Waals surface area contributed by atoms with E-state index in [1.54, 1.807) is 18.2 Å². The first-order chi connectivity index (χ1) is 14.9. The lowest BCUT2D eigenvalue weighted by molar-refractivity contribution is 0.0594. The van der Waals surface area contributed by atoms with Gasteiger partial charge < -0.3 is 19.9 Å². The van der Waals surface area contributed by atoms with E-state index in [-0.39, 0.29) is 23.1 Å². The highest BCUT2D eigenvalue weighted by atomic mass is 35.5. The van der Waals surface area contributed by atoms with Crippen LogP contribution in [0.2, 0.25) is 10.0 Å². The molecule has 9 heteroatoms. The highest BCUT2D eigenvalue weighted by molar-refractivity contribution is 6.36. The number of hydrogen-bond acceptors (Lipinski definition) is 7. The third-order valence-corrected chi connectivity index (χ3v) is 5.67. The van der Waals surface area contributed by atoms with Crippen molar-refractivity contribution in [3.05, 3.63) is 69.3 Å². The number of anilines is 1.